The summed E-state index contributed by atoms with van der Waals surface area (Å²) in [5.74, 6) is 0.501. The van der Waals surface area contributed by atoms with Gasteiger partial charge in [-0.3, -0.25) is 0 Å². The quantitative estimate of drug-likeness (QED) is 0.784. The summed E-state index contributed by atoms with van der Waals surface area (Å²) in [6.07, 6.45) is 0. The van der Waals surface area contributed by atoms with Gasteiger partial charge in [0.05, 0.1) is 5.56 Å². The van der Waals surface area contributed by atoms with Crippen molar-refractivity contribution in [1.82, 2.24) is 9.97 Å². The van der Waals surface area contributed by atoms with Crippen LogP contribution >= 0.6 is 23.2 Å². The van der Waals surface area contributed by atoms with Crippen LogP contribution < -0.4 is 4.90 Å². The molecule has 94 valence electrons. The van der Waals surface area contributed by atoms with E-state index in [1.54, 1.807) is 4.90 Å². The summed E-state index contributed by atoms with van der Waals surface area (Å²) in [4.78, 5) is 10.2. The van der Waals surface area contributed by atoms with Crippen molar-refractivity contribution >= 4 is 29.2 Å². The zero-order valence-corrected chi connectivity index (χ0v) is 11.9. The van der Waals surface area contributed by atoms with Gasteiger partial charge in [0, 0.05) is 14.1 Å². The number of hydrogen-bond acceptors (Lipinski definition) is 3. The lowest BCUT2D eigenvalue weighted by molar-refractivity contribution is 1.00. The average molecular weight is 282 g/mol. The zero-order valence-electron chi connectivity index (χ0n) is 10.4. The second-order valence-corrected chi connectivity index (χ2v) is 4.96. The molecule has 0 aliphatic rings. The van der Waals surface area contributed by atoms with Gasteiger partial charge in [0.1, 0.15) is 10.3 Å². The number of hydrogen-bond donors (Lipinski definition) is 0. The lowest BCUT2D eigenvalue weighted by Gasteiger charge is -2.13. The minimum absolute atomic E-state index is 0.365. The van der Waals surface area contributed by atoms with Crippen LogP contribution in [0.15, 0.2) is 24.3 Å². The molecule has 0 aliphatic heterocycles. The van der Waals surface area contributed by atoms with Crippen LogP contribution in [0.3, 0.4) is 0 Å². The predicted octanol–water partition coefficient (Wildman–Crippen LogP) is 3.82. The summed E-state index contributed by atoms with van der Waals surface area (Å²) in [6.45, 7) is 2.01. The number of rotatable bonds is 2. The Kier molecular flexibility index (Phi) is 3.73. The van der Waals surface area contributed by atoms with Gasteiger partial charge >= 0.3 is 0 Å². The number of aromatic nitrogens is 2. The third kappa shape index (κ3) is 2.57. The molecule has 1 aromatic heterocycles. The van der Waals surface area contributed by atoms with Crippen molar-refractivity contribution in [2.45, 2.75) is 6.92 Å². The maximum atomic E-state index is 6.20. The highest BCUT2D eigenvalue weighted by molar-refractivity contribution is 6.37. The van der Waals surface area contributed by atoms with Crippen molar-refractivity contribution in [2.24, 2.45) is 0 Å². The van der Waals surface area contributed by atoms with Gasteiger partial charge in [-0.15, -0.1) is 0 Å². The van der Waals surface area contributed by atoms with Crippen LogP contribution in [0.4, 0.5) is 5.95 Å². The maximum absolute atomic E-state index is 6.20. The molecule has 0 bridgehead atoms. The molecule has 0 spiro atoms. The van der Waals surface area contributed by atoms with Gasteiger partial charge in [-0.2, -0.15) is 0 Å². The highest BCUT2D eigenvalue weighted by atomic mass is 35.5. The van der Waals surface area contributed by atoms with E-state index in [9.17, 15) is 0 Å². The third-order valence-corrected chi connectivity index (χ3v) is 3.06. The number of aryl methyl sites for hydroxylation is 1. The molecule has 2 aromatic rings. The fourth-order valence-electron chi connectivity index (χ4n) is 1.64. The molecule has 0 saturated heterocycles. The highest BCUT2D eigenvalue weighted by Gasteiger charge is 2.14. The molecule has 3 nitrogen and oxygen atoms in total. The van der Waals surface area contributed by atoms with Gasteiger partial charge in [-0.05, 0) is 12.5 Å². The molecular weight excluding hydrogens is 269 g/mol. The zero-order chi connectivity index (χ0) is 13.3. The molecule has 18 heavy (non-hydrogen) atoms. The SMILES string of the molecule is Cc1cccc(-c2c(Cl)nc(N(C)C)nc2Cl)c1. The van der Waals surface area contributed by atoms with Gasteiger partial charge < -0.3 is 4.90 Å². The van der Waals surface area contributed by atoms with E-state index in [2.05, 4.69) is 9.97 Å². The summed E-state index contributed by atoms with van der Waals surface area (Å²) in [5.41, 5.74) is 2.74. The van der Waals surface area contributed by atoms with Crippen LogP contribution in [0, 0.1) is 6.92 Å². The van der Waals surface area contributed by atoms with Gasteiger partial charge in [-0.25, -0.2) is 9.97 Å². The summed E-state index contributed by atoms with van der Waals surface area (Å²) >= 11 is 12.4. The van der Waals surface area contributed by atoms with Crippen molar-refractivity contribution in [3.63, 3.8) is 0 Å². The Morgan fingerprint density at radius 1 is 1.06 bits per heavy atom. The molecular formula is C13H13Cl2N3. The van der Waals surface area contributed by atoms with E-state index in [1.807, 2.05) is 45.3 Å². The summed E-state index contributed by atoms with van der Waals surface area (Å²) in [7, 11) is 3.68. The molecule has 0 amide bonds. The largest absolute Gasteiger partial charge is 0.347 e. The smallest absolute Gasteiger partial charge is 0.227 e. The van der Waals surface area contributed by atoms with Crippen molar-refractivity contribution in [3.8, 4) is 11.1 Å². The first-order valence-corrected chi connectivity index (χ1v) is 6.22. The summed E-state index contributed by atoms with van der Waals surface area (Å²) in [5, 5.41) is 0.730. The van der Waals surface area contributed by atoms with Crippen molar-refractivity contribution in [2.75, 3.05) is 19.0 Å². The molecule has 5 heteroatoms. The van der Waals surface area contributed by atoms with E-state index in [0.29, 0.717) is 21.8 Å². The second kappa shape index (κ2) is 5.12. The Bertz CT molecular complexity index is 559. The monoisotopic (exact) mass is 281 g/mol. The fourth-order valence-corrected chi connectivity index (χ4v) is 2.23. The van der Waals surface area contributed by atoms with Crippen LogP contribution in [-0.2, 0) is 0 Å². The van der Waals surface area contributed by atoms with E-state index in [0.717, 1.165) is 11.1 Å². The van der Waals surface area contributed by atoms with Crippen LogP contribution in [0.1, 0.15) is 5.56 Å². The van der Waals surface area contributed by atoms with Gasteiger partial charge in [-0.1, -0.05) is 53.0 Å². The molecule has 0 fully saturated rings. The second-order valence-electron chi connectivity index (χ2n) is 4.24. The topological polar surface area (TPSA) is 29.0 Å². The minimum Gasteiger partial charge on any atom is -0.347 e. The maximum Gasteiger partial charge on any atom is 0.227 e. The van der Waals surface area contributed by atoms with Crippen LogP contribution in [0.25, 0.3) is 11.1 Å². The molecule has 1 aromatic carbocycles. The standard InChI is InChI=1S/C13H13Cl2N3/c1-8-5-4-6-9(7-8)10-11(14)16-13(18(2)3)17-12(10)15/h4-7H,1-3H3. The van der Waals surface area contributed by atoms with Gasteiger partial charge in [0.25, 0.3) is 0 Å². The molecule has 0 radical (unpaired) electrons. The molecule has 0 N–H and O–H groups in total. The van der Waals surface area contributed by atoms with Crippen LogP contribution in [0.5, 0.6) is 0 Å². The van der Waals surface area contributed by atoms with Crippen molar-refractivity contribution in [3.05, 3.63) is 40.1 Å². The third-order valence-electron chi connectivity index (χ3n) is 2.52. The molecule has 0 saturated carbocycles. The number of nitrogens with zero attached hydrogens (tertiary/aromatic N) is 3. The summed E-state index contributed by atoms with van der Waals surface area (Å²) < 4.78 is 0. The van der Waals surface area contributed by atoms with Crippen LogP contribution in [-0.4, -0.2) is 24.1 Å². The van der Waals surface area contributed by atoms with Crippen molar-refractivity contribution < 1.29 is 0 Å². The predicted molar refractivity (Wildman–Crippen MR) is 76.6 cm³/mol. The number of halogens is 2. The molecule has 0 atom stereocenters. The Labute approximate surface area is 116 Å². The fraction of sp³-hybridized carbons (Fsp3) is 0.231. The van der Waals surface area contributed by atoms with Gasteiger partial charge in [0.15, 0.2) is 0 Å². The number of benzene rings is 1. The minimum atomic E-state index is 0.365. The van der Waals surface area contributed by atoms with Crippen LogP contribution in [0.2, 0.25) is 10.3 Å². The summed E-state index contributed by atoms with van der Waals surface area (Å²) in [6, 6.07) is 7.92. The van der Waals surface area contributed by atoms with E-state index in [-0.39, 0.29) is 0 Å². The van der Waals surface area contributed by atoms with E-state index < -0.39 is 0 Å². The van der Waals surface area contributed by atoms with E-state index >= 15 is 0 Å². The normalized spacial score (nSPS) is 10.5. The van der Waals surface area contributed by atoms with Gasteiger partial charge in [0.2, 0.25) is 5.95 Å². The molecule has 1 heterocycles. The van der Waals surface area contributed by atoms with E-state index in [4.69, 9.17) is 23.2 Å². The first kappa shape index (κ1) is 13.1. The Morgan fingerprint density at radius 3 is 2.17 bits per heavy atom. The lowest BCUT2D eigenvalue weighted by Crippen LogP contribution is -2.13. The average Bonchev–Trinajstić information content (AvgIpc) is 2.27. The first-order valence-electron chi connectivity index (χ1n) is 5.46. The Balaban J connectivity index is 2.59. The van der Waals surface area contributed by atoms with E-state index in [1.165, 1.54) is 0 Å². The lowest BCUT2D eigenvalue weighted by atomic mass is 10.1. The molecule has 0 unspecified atom stereocenters. The van der Waals surface area contributed by atoms with Crippen molar-refractivity contribution in [1.29, 1.82) is 0 Å². The Morgan fingerprint density at radius 2 is 1.67 bits per heavy atom. The highest BCUT2D eigenvalue weighted by Crippen LogP contribution is 2.33. The molecule has 0 aliphatic carbocycles. The Hall–Kier alpha value is -1.32. The number of anilines is 1. The first-order chi connectivity index (χ1) is 8.49. The molecule has 2 rings (SSSR count).